The lowest BCUT2D eigenvalue weighted by atomic mass is 9.87. The Hall–Kier alpha value is -3.13. The van der Waals surface area contributed by atoms with E-state index in [9.17, 15) is 9.90 Å². The van der Waals surface area contributed by atoms with Crippen LogP contribution < -0.4 is 0 Å². The van der Waals surface area contributed by atoms with Gasteiger partial charge in [0, 0.05) is 0 Å². The van der Waals surface area contributed by atoms with E-state index in [0.29, 0.717) is 0 Å². The van der Waals surface area contributed by atoms with Gasteiger partial charge in [-0.1, -0.05) is 66.7 Å². The Kier molecular flexibility index (Phi) is 2.60. The lowest BCUT2D eigenvalue weighted by Crippen LogP contribution is -2.01. The Morgan fingerprint density at radius 1 is 0.667 bits per heavy atom. The molecule has 5 aromatic carbocycles. The highest BCUT2D eigenvalue weighted by Crippen LogP contribution is 2.41. The van der Waals surface area contributed by atoms with Gasteiger partial charge < -0.3 is 5.11 Å². The maximum absolute atomic E-state index is 11.4. The molecule has 24 heavy (non-hydrogen) atoms. The highest BCUT2D eigenvalue weighted by molar-refractivity contribution is 6.34. The first-order chi connectivity index (χ1) is 11.7. The summed E-state index contributed by atoms with van der Waals surface area (Å²) in [4.78, 5) is 11.4. The van der Waals surface area contributed by atoms with Crippen molar-refractivity contribution in [1.82, 2.24) is 0 Å². The molecule has 114 valence electrons. The summed E-state index contributed by atoms with van der Waals surface area (Å²) in [5, 5.41) is 18.7. The molecule has 0 aliphatic heterocycles. The van der Waals surface area contributed by atoms with Gasteiger partial charge in [-0.3, -0.25) is 4.79 Å². The van der Waals surface area contributed by atoms with Gasteiger partial charge in [0.15, 0.2) is 0 Å². The number of carbonyl (C=O) groups is 1. The van der Waals surface area contributed by atoms with Crippen molar-refractivity contribution in [3.63, 3.8) is 0 Å². The molecular formula is C22H14O2. The quantitative estimate of drug-likeness (QED) is 0.352. The topological polar surface area (TPSA) is 37.3 Å². The number of rotatable bonds is 2. The third-order valence-corrected chi connectivity index (χ3v) is 4.94. The molecule has 0 bridgehead atoms. The average Bonchev–Trinajstić information content (AvgIpc) is 2.60. The fourth-order valence-electron chi connectivity index (χ4n) is 4.02. The van der Waals surface area contributed by atoms with E-state index in [0.717, 1.165) is 21.7 Å². The zero-order valence-corrected chi connectivity index (χ0v) is 12.9. The number of benzene rings is 5. The third-order valence-electron chi connectivity index (χ3n) is 4.94. The molecule has 0 aliphatic rings. The average molecular weight is 310 g/mol. The Labute approximate surface area is 138 Å². The van der Waals surface area contributed by atoms with E-state index in [4.69, 9.17) is 0 Å². The zero-order valence-electron chi connectivity index (χ0n) is 12.9. The van der Waals surface area contributed by atoms with Crippen molar-refractivity contribution in [2.24, 2.45) is 0 Å². The van der Waals surface area contributed by atoms with Gasteiger partial charge in [0.25, 0.3) is 0 Å². The maximum Gasteiger partial charge on any atom is 0.307 e. The van der Waals surface area contributed by atoms with E-state index >= 15 is 0 Å². The summed E-state index contributed by atoms with van der Waals surface area (Å²) >= 11 is 0. The summed E-state index contributed by atoms with van der Waals surface area (Å²) in [5.41, 5.74) is 0.879. The minimum atomic E-state index is -0.797. The van der Waals surface area contributed by atoms with E-state index in [1.807, 2.05) is 24.3 Å². The van der Waals surface area contributed by atoms with Crippen LogP contribution in [0.25, 0.3) is 43.1 Å². The van der Waals surface area contributed by atoms with E-state index in [2.05, 4.69) is 42.5 Å². The van der Waals surface area contributed by atoms with Gasteiger partial charge in [-0.15, -0.1) is 0 Å². The largest absolute Gasteiger partial charge is 0.481 e. The molecule has 0 atom stereocenters. The van der Waals surface area contributed by atoms with Crippen LogP contribution in [-0.2, 0) is 11.2 Å². The first-order valence-electron chi connectivity index (χ1n) is 8.03. The van der Waals surface area contributed by atoms with Crippen LogP contribution in [0.2, 0.25) is 0 Å². The highest BCUT2D eigenvalue weighted by Gasteiger charge is 2.16. The van der Waals surface area contributed by atoms with Crippen molar-refractivity contribution in [1.29, 1.82) is 0 Å². The summed E-state index contributed by atoms with van der Waals surface area (Å²) in [7, 11) is 0. The molecule has 2 heteroatoms. The van der Waals surface area contributed by atoms with Crippen molar-refractivity contribution >= 4 is 49.1 Å². The van der Waals surface area contributed by atoms with Crippen molar-refractivity contribution in [3.8, 4) is 0 Å². The second-order valence-corrected chi connectivity index (χ2v) is 6.28. The molecule has 2 nitrogen and oxygen atoms in total. The predicted octanol–water partition coefficient (Wildman–Crippen LogP) is 5.36. The lowest BCUT2D eigenvalue weighted by molar-refractivity contribution is -0.136. The normalized spacial score (nSPS) is 11.8. The fourth-order valence-corrected chi connectivity index (χ4v) is 4.02. The Balaban J connectivity index is 2.17. The molecule has 0 aliphatic carbocycles. The van der Waals surface area contributed by atoms with Crippen molar-refractivity contribution in [3.05, 3.63) is 72.3 Å². The number of fused-ring (bicyclic) bond motifs is 3. The number of aliphatic carboxylic acids is 1. The van der Waals surface area contributed by atoms with Gasteiger partial charge in [0.1, 0.15) is 0 Å². The molecule has 0 heterocycles. The molecule has 0 radical (unpaired) electrons. The molecule has 0 fully saturated rings. The zero-order chi connectivity index (χ0) is 16.3. The molecule has 0 saturated carbocycles. The molecule has 0 spiro atoms. The molecule has 5 rings (SSSR count). The van der Waals surface area contributed by atoms with Gasteiger partial charge in [0.05, 0.1) is 6.42 Å². The van der Waals surface area contributed by atoms with Crippen LogP contribution in [0.5, 0.6) is 0 Å². The molecule has 0 aromatic heterocycles. The fraction of sp³-hybridized carbons (Fsp3) is 0.0455. The smallest absolute Gasteiger partial charge is 0.307 e. The Bertz CT molecular complexity index is 1250. The summed E-state index contributed by atoms with van der Waals surface area (Å²) in [6, 6.07) is 23.0. The van der Waals surface area contributed by atoms with Gasteiger partial charge in [-0.2, -0.15) is 0 Å². The number of hydrogen-bond acceptors (Lipinski definition) is 1. The highest BCUT2D eigenvalue weighted by atomic mass is 16.4. The van der Waals surface area contributed by atoms with Crippen LogP contribution in [0.15, 0.2) is 66.7 Å². The summed E-state index contributed by atoms with van der Waals surface area (Å²) in [6.07, 6.45) is 0.0398. The van der Waals surface area contributed by atoms with Crippen molar-refractivity contribution < 1.29 is 9.90 Å². The van der Waals surface area contributed by atoms with Crippen LogP contribution in [-0.4, -0.2) is 11.1 Å². The molecule has 1 N–H and O–H groups in total. The Morgan fingerprint density at radius 3 is 2.08 bits per heavy atom. The summed E-state index contributed by atoms with van der Waals surface area (Å²) in [6.45, 7) is 0. The molecule has 5 aromatic rings. The van der Waals surface area contributed by atoms with E-state index in [1.165, 1.54) is 26.9 Å². The number of carboxylic acid groups (broad SMARTS) is 1. The lowest BCUT2D eigenvalue weighted by Gasteiger charge is -2.16. The standard InChI is InChI=1S/C22H14O2/c23-19(24)12-15-11-10-14-9-8-13-4-3-7-18-16-5-1-2-6-17(16)21(15)22(14)20(13)18/h1-11H,12H2,(H,23,24). The first-order valence-corrected chi connectivity index (χ1v) is 8.03. The van der Waals surface area contributed by atoms with Crippen LogP contribution in [0.1, 0.15) is 5.56 Å². The second kappa shape index (κ2) is 4.68. The van der Waals surface area contributed by atoms with Crippen LogP contribution in [0.3, 0.4) is 0 Å². The maximum atomic E-state index is 11.4. The second-order valence-electron chi connectivity index (χ2n) is 6.28. The van der Waals surface area contributed by atoms with Gasteiger partial charge >= 0.3 is 5.97 Å². The molecule has 0 unspecified atom stereocenters. The third kappa shape index (κ3) is 1.68. The minimum absolute atomic E-state index is 0.0398. The monoisotopic (exact) mass is 310 g/mol. The van der Waals surface area contributed by atoms with Gasteiger partial charge in [0.2, 0.25) is 0 Å². The van der Waals surface area contributed by atoms with E-state index in [-0.39, 0.29) is 6.42 Å². The Morgan fingerprint density at radius 2 is 1.29 bits per heavy atom. The predicted molar refractivity (Wildman–Crippen MR) is 99.0 cm³/mol. The summed E-state index contributed by atoms with van der Waals surface area (Å²) < 4.78 is 0. The van der Waals surface area contributed by atoms with Crippen LogP contribution in [0.4, 0.5) is 0 Å². The van der Waals surface area contributed by atoms with E-state index in [1.54, 1.807) is 0 Å². The van der Waals surface area contributed by atoms with E-state index < -0.39 is 5.97 Å². The summed E-state index contributed by atoms with van der Waals surface area (Å²) in [5.74, 6) is -0.797. The van der Waals surface area contributed by atoms with Crippen LogP contribution >= 0.6 is 0 Å². The van der Waals surface area contributed by atoms with Crippen molar-refractivity contribution in [2.45, 2.75) is 6.42 Å². The van der Waals surface area contributed by atoms with Crippen LogP contribution in [0, 0.1) is 0 Å². The van der Waals surface area contributed by atoms with Gasteiger partial charge in [-0.05, 0) is 48.7 Å². The molecular weight excluding hydrogens is 296 g/mol. The number of carboxylic acids is 1. The SMILES string of the molecule is O=C(O)Cc1ccc2ccc3cccc4c5ccccc5c1c2c34. The van der Waals surface area contributed by atoms with Crippen molar-refractivity contribution in [2.75, 3.05) is 0 Å². The molecule has 0 saturated heterocycles. The number of hydrogen-bond donors (Lipinski definition) is 1. The molecule has 0 amide bonds. The minimum Gasteiger partial charge on any atom is -0.481 e. The first kappa shape index (κ1) is 13.3. The van der Waals surface area contributed by atoms with Gasteiger partial charge in [-0.25, -0.2) is 0 Å².